The van der Waals surface area contributed by atoms with Crippen LogP contribution in [0.4, 0.5) is 4.39 Å². The van der Waals surface area contributed by atoms with Crippen molar-refractivity contribution >= 4 is 10.0 Å². The van der Waals surface area contributed by atoms with Gasteiger partial charge in [0.1, 0.15) is 17.0 Å². The smallest absolute Gasteiger partial charge is 0.246 e. The number of halogens is 1. The third kappa shape index (κ3) is 3.13. The van der Waals surface area contributed by atoms with Crippen molar-refractivity contribution in [3.05, 3.63) is 78.6 Å². The first-order valence-electron chi connectivity index (χ1n) is 9.40. The number of sulfonamides is 1. The van der Waals surface area contributed by atoms with Gasteiger partial charge in [-0.15, -0.1) is 0 Å². The highest BCUT2D eigenvalue weighted by atomic mass is 32.2. The Kier molecular flexibility index (Phi) is 4.42. The fourth-order valence-electron chi connectivity index (χ4n) is 4.29. The zero-order valence-corrected chi connectivity index (χ0v) is 16.3. The van der Waals surface area contributed by atoms with Gasteiger partial charge in [-0.3, -0.25) is 0 Å². The standard InChI is InChI=1S/C21H19FN4O2S/c22-17-3-1-2-4-20(17)29(27,28)26-11-18-21(19(12-26)25-18)15-7-5-14(6-8-15)16-9-23-13-24-10-16/h1-10,13,18-19,21,25H,11-12H2/t18-,19+,21?. The van der Waals surface area contributed by atoms with Crippen molar-refractivity contribution in [1.82, 2.24) is 19.6 Å². The molecule has 3 aliphatic rings. The average Bonchev–Trinajstić information content (AvgIpc) is 2.75. The van der Waals surface area contributed by atoms with E-state index in [9.17, 15) is 12.8 Å². The van der Waals surface area contributed by atoms with E-state index >= 15 is 0 Å². The molecule has 29 heavy (non-hydrogen) atoms. The van der Waals surface area contributed by atoms with E-state index < -0.39 is 15.8 Å². The van der Waals surface area contributed by atoms with Gasteiger partial charge in [0.2, 0.25) is 10.0 Å². The molecule has 3 aromatic rings. The van der Waals surface area contributed by atoms with Gasteiger partial charge in [-0.25, -0.2) is 22.8 Å². The monoisotopic (exact) mass is 410 g/mol. The summed E-state index contributed by atoms with van der Waals surface area (Å²) in [5, 5.41) is 3.42. The van der Waals surface area contributed by atoms with E-state index in [1.54, 1.807) is 18.5 Å². The lowest BCUT2D eigenvalue weighted by Gasteiger charge is -2.54. The lowest BCUT2D eigenvalue weighted by Crippen LogP contribution is -2.72. The van der Waals surface area contributed by atoms with Gasteiger partial charge in [0.25, 0.3) is 0 Å². The number of nitrogens with zero attached hydrogens (tertiary/aromatic N) is 3. The molecule has 6 rings (SSSR count). The van der Waals surface area contributed by atoms with Gasteiger partial charge in [0.05, 0.1) is 0 Å². The molecule has 1 N–H and O–H groups in total. The Hall–Kier alpha value is -2.68. The summed E-state index contributed by atoms with van der Waals surface area (Å²) < 4.78 is 41.2. The molecule has 3 fully saturated rings. The summed E-state index contributed by atoms with van der Waals surface area (Å²) in [7, 11) is -3.84. The van der Waals surface area contributed by atoms with E-state index in [2.05, 4.69) is 27.4 Å². The maximum Gasteiger partial charge on any atom is 0.246 e. The second-order valence-corrected chi connectivity index (χ2v) is 9.31. The molecule has 148 valence electrons. The van der Waals surface area contributed by atoms with Gasteiger partial charge in [-0.05, 0) is 23.3 Å². The number of piperidine rings is 1. The third-order valence-corrected chi connectivity index (χ3v) is 7.60. The van der Waals surface area contributed by atoms with E-state index in [0.717, 1.165) is 11.1 Å². The molecule has 3 aliphatic heterocycles. The molecule has 4 heterocycles. The van der Waals surface area contributed by atoms with Crippen LogP contribution in [0, 0.1) is 5.82 Å². The molecule has 0 radical (unpaired) electrons. The molecular weight excluding hydrogens is 391 g/mol. The van der Waals surface area contributed by atoms with Gasteiger partial charge in [0.15, 0.2) is 0 Å². The maximum absolute atomic E-state index is 14.0. The van der Waals surface area contributed by atoms with Crippen LogP contribution in [-0.4, -0.2) is 47.9 Å². The molecule has 3 saturated heterocycles. The number of hydrogen-bond acceptors (Lipinski definition) is 5. The van der Waals surface area contributed by atoms with Crippen molar-refractivity contribution in [2.75, 3.05) is 13.1 Å². The molecule has 0 amide bonds. The van der Waals surface area contributed by atoms with Crippen LogP contribution in [0.2, 0.25) is 0 Å². The largest absolute Gasteiger partial charge is 0.307 e. The van der Waals surface area contributed by atoms with E-state index in [-0.39, 0.29) is 22.9 Å². The van der Waals surface area contributed by atoms with E-state index in [0.29, 0.717) is 13.1 Å². The number of fused-ring (bicyclic) bond motifs is 2. The van der Waals surface area contributed by atoms with Crippen LogP contribution in [-0.2, 0) is 10.0 Å². The highest BCUT2D eigenvalue weighted by molar-refractivity contribution is 7.89. The third-order valence-electron chi connectivity index (χ3n) is 5.74. The fourth-order valence-corrected chi connectivity index (χ4v) is 5.85. The van der Waals surface area contributed by atoms with Gasteiger partial charge < -0.3 is 5.32 Å². The summed E-state index contributed by atoms with van der Waals surface area (Å²) in [4.78, 5) is 7.83. The quantitative estimate of drug-likeness (QED) is 0.715. The second-order valence-electron chi connectivity index (χ2n) is 7.41. The topological polar surface area (TPSA) is 75.2 Å². The first-order chi connectivity index (χ1) is 14.0. The van der Waals surface area contributed by atoms with E-state index in [1.165, 1.54) is 34.4 Å². The zero-order valence-electron chi connectivity index (χ0n) is 15.4. The van der Waals surface area contributed by atoms with Crippen molar-refractivity contribution in [1.29, 1.82) is 0 Å². The number of aromatic nitrogens is 2. The lowest BCUT2D eigenvalue weighted by molar-refractivity contribution is 0.101. The molecule has 1 unspecified atom stereocenters. The maximum atomic E-state index is 14.0. The Morgan fingerprint density at radius 2 is 1.59 bits per heavy atom. The first kappa shape index (κ1) is 18.4. The van der Waals surface area contributed by atoms with Crippen LogP contribution in [0.1, 0.15) is 11.5 Å². The van der Waals surface area contributed by atoms with Gasteiger partial charge in [-0.1, -0.05) is 36.4 Å². The molecule has 8 heteroatoms. The minimum absolute atomic E-state index is 0.0150. The summed E-state index contributed by atoms with van der Waals surface area (Å²) in [6, 6.07) is 13.8. The molecular formula is C21H19FN4O2S. The summed E-state index contributed by atoms with van der Waals surface area (Å²) in [6.45, 7) is 0.651. The average molecular weight is 410 g/mol. The van der Waals surface area contributed by atoms with Crippen LogP contribution < -0.4 is 5.32 Å². The van der Waals surface area contributed by atoms with Gasteiger partial charge in [0, 0.05) is 49.0 Å². The highest BCUT2D eigenvalue weighted by Crippen LogP contribution is 2.39. The Morgan fingerprint density at radius 1 is 0.931 bits per heavy atom. The summed E-state index contributed by atoms with van der Waals surface area (Å²) in [5.74, 6) is -0.472. The van der Waals surface area contributed by atoms with E-state index in [1.807, 2.05) is 12.1 Å². The van der Waals surface area contributed by atoms with Crippen LogP contribution >= 0.6 is 0 Å². The number of piperazine rings is 1. The molecule has 2 bridgehead atoms. The van der Waals surface area contributed by atoms with Crippen LogP contribution in [0.25, 0.3) is 11.1 Å². The van der Waals surface area contributed by atoms with Crippen molar-refractivity contribution < 1.29 is 12.8 Å². The summed E-state index contributed by atoms with van der Waals surface area (Å²) in [6.07, 6.45) is 5.04. The van der Waals surface area contributed by atoms with Crippen LogP contribution in [0.3, 0.4) is 0 Å². The Bertz CT molecular complexity index is 1130. The Morgan fingerprint density at radius 3 is 2.24 bits per heavy atom. The van der Waals surface area contributed by atoms with Crippen molar-refractivity contribution in [2.24, 2.45) is 0 Å². The van der Waals surface area contributed by atoms with Crippen LogP contribution in [0.5, 0.6) is 0 Å². The normalized spacial score (nSPS) is 24.1. The summed E-state index contributed by atoms with van der Waals surface area (Å²) >= 11 is 0. The van der Waals surface area contributed by atoms with E-state index in [4.69, 9.17) is 0 Å². The molecule has 0 spiro atoms. The Labute approximate surface area is 168 Å². The molecule has 0 saturated carbocycles. The minimum atomic E-state index is -3.84. The molecule has 1 aromatic heterocycles. The van der Waals surface area contributed by atoms with Crippen LogP contribution in [0.15, 0.2) is 72.1 Å². The number of rotatable bonds is 4. The van der Waals surface area contributed by atoms with Gasteiger partial charge >= 0.3 is 0 Å². The number of hydrogen-bond donors (Lipinski definition) is 1. The second kappa shape index (κ2) is 6.98. The highest BCUT2D eigenvalue weighted by Gasteiger charge is 2.50. The number of benzene rings is 2. The molecule has 2 aromatic carbocycles. The van der Waals surface area contributed by atoms with Crippen molar-refractivity contribution in [3.8, 4) is 11.1 Å². The van der Waals surface area contributed by atoms with Crippen molar-refractivity contribution in [3.63, 3.8) is 0 Å². The van der Waals surface area contributed by atoms with Gasteiger partial charge in [-0.2, -0.15) is 4.31 Å². The predicted molar refractivity (Wildman–Crippen MR) is 106 cm³/mol. The zero-order chi connectivity index (χ0) is 20.0. The SMILES string of the molecule is O=S(=O)(c1ccccc1F)N1C[C@@H]2N[C@H](C1)C2c1ccc(-c2cncnc2)cc1. The first-order valence-corrected chi connectivity index (χ1v) is 10.8. The number of nitrogens with one attached hydrogen (secondary N) is 1. The lowest BCUT2D eigenvalue weighted by atomic mass is 9.75. The van der Waals surface area contributed by atoms with Crippen molar-refractivity contribution in [2.45, 2.75) is 22.9 Å². The molecule has 0 aliphatic carbocycles. The Balaban J connectivity index is 1.34. The molecule has 6 nitrogen and oxygen atoms in total. The fraction of sp³-hybridized carbons (Fsp3) is 0.238. The predicted octanol–water partition coefficient (Wildman–Crippen LogP) is 2.41. The molecule has 3 atom stereocenters. The minimum Gasteiger partial charge on any atom is -0.307 e. The summed E-state index contributed by atoms with van der Waals surface area (Å²) in [5.41, 5.74) is 3.16.